The number of nitrogens with zero attached hydrogens (tertiary/aromatic N) is 1. The molecule has 2 aromatic rings. The fourth-order valence-electron chi connectivity index (χ4n) is 2.90. The zero-order chi connectivity index (χ0) is 20.3. The van der Waals surface area contributed by atoms with Gasteiger partial charge in [-0.15, -0.1) is 0 Å². The van der Waals surface area contributed by atoms with Crippen molar-refractivity contribution in [1.29, 1.82) is 0 Å². The average molecular weight is 402 g/mol. The molecule has 7 nitrogen and oxygen atoms in total. The summed E-state index contributed by atoms with van der Waals surface area (Å²) in [7, 11) is 1.57. The summed E-state index contributed by atoms with van der Waals surface area (Å²) < 4.78 is 4.96. The number of hydrogen-bond acceptors (Lipinski definition) is 4. The molecule has 2 aromatic carbocycles. The van der Waals surface area contributed by atoms with Crippen LogP contribution < -0.4 is 10.6 Å². The predicted molar refractivity (Wildman–Crippen MR) is 107 cm³/mol. The van der Waals surface area contributed by atoms with Crippen LogP contribution in [0.25, 0.3) is 0 Å². The van der Waals surface area contributed by atoms with Gasteiger partial charge < -0.3 is 15.4 Å². The lowest BCUT2D eigenvalue weighted by Crippen LogP contribution is -2.31. The van der Waals surface area contributed by atoms with E-state index in [2.05, 4.69) is 10.6 Å². The normalized spacial score (nSPS) is 12.9. The Bertz CT molecular complexity index is 945. The highest BCUT2D eigenvalue weighted by molar-refractivity contribution is 6.31. The van der Waals surface area contributed by atoms with E-state index in [9.17, 15) is 14.4 Å². The SMILES string of the molecule is COCCCN1C(=O)c2ccc(NC(=O)Nc3ccc(C)c(Cl)c3)cc2C1=O. The summed E-state index contributed by atoms with van der Waals surface area (Å²) in [6.45, 7) is 2.62. The first-order valence-electron chi connectivity index (χ1n) is 8.74. The van der Waals surface area contributed by atoms with E-state index in [1.807, 2.05) is 6.92 Å². The van der Waals surface area contributed by atoms with Gasteiger partial charge in [0.25, 0.3) is 11.8 Å². The number of amides is 4. The molecule has 1 heterocycles. The Balaban J connectivity index is 1.69. The van der Waals surface area contributed by atoms with Crippen LogP contribution in [0, 0.1) is 6.92 Å². The van der Waals surface area contributed by atoms with Crippen LogP contribution in [-0.4, -0.2) is 43.0 Å². The molecular weight excluding hydrogens is 382 g/mol. The summed E-state index contributed by atoms with van der Waals surface area (Å²) in [5.74, 6) is -0.702. The van der Waals surface area contributed by atoms with Crippen molar-refractivity contribution in [3.05, 3.63) is 58.1 Å². The number of anilines is 2. The van der Waals surface area contributed by atoms with Crippen LogP contribution >= 0.6 is 11.6 Å². The van der Waals surface area contributed by atoms with Crippen LogP contribution in [0.1, 0.15) is 32.7 Å². The van der Waals surface area contributed by atoms with Gasteiger partial charge in [-0.3, -0.25) is 14.5 Å². The summed E-state index contributed by atoms with van der Waals surface area (Å²) in [5, 5.41) is 5.89. The summed E-state index contributed by atoms with van der Waals surface area (Å²) in [4.78, 5) is 38.3. The quantitative estimate of drug-likeness (QED) is 0.567. The first-order valence-corrected chi connectivity index (χ1v) is 9.12. The van der Waals surface area contributed by atoms with Gasteiger partial charge in [0, 0.05) is 36.7 Å². The van der Waals surface area contributed by atoms with Crippen molar-refractivity contribution in [3.8, 4) is 0 Å². The number of halogens is 1. The maximum Gasteiger partial charge on any atom is 0.323 e. The van der Waals surface area contributed by atoms with E-state index in [-0.39, 0.29) is 23.9 Å². The Labute approximate surface area is 167 Å². The molecule has 0 saturated carbocycles. The van der Waals surface area contributed by atoms with Gasteiger partial charge in [0.15, 0.2) is 0 Å². The number of fused-ring (bicyclic) bond motifs is 1. The van der Waals surface area contributed by atoms with Crippen LogP contribution in [0.5, 0.6) is 0 Å². The van der Waals surface area contributed by atoms with Crippen molar-refractivity contribution in [2.24, 2.45) is 0 Å². The fourth-order valence-corrected chi connectivity index (χ4v) is 3.08. The zero-order valence-electron chi connectivity index (χ0n) is 15.5. The van der Waals surface area contributed by atoms with Crippen molar-refractivity contribution in [3.63, 3.8) is 0 Å². The van der Waals surface area contributed by atoms with E-state index in [1.165, 1.54) is 11.0 Å². The number of carbonyl (C=O) groups excluding carboxylic acids is 3. The van der Waals surface area contributed by atoms with Crippen molar-refractivity contribution >= 4 is 40.8 Å². The third kappa shape index (κ3) is 4.16. The van der Waals surface area contributed by atoms with Gasteiger partial charge >= 0.3 is 6.03 Å². The van der Waals surface area contributed by atoms with E-state index in [0.29, 0.717) is 35.0 Å². The van der Waals surface area contributed by atoms with Gasteiger partial charge in [-0.25, -0.2) is 4.79 Å². The maximum atomic E-state index is 12.5. The monoisotopic (exact) mass is 401 g/mol. The molecule has 28 heavy (non-hydrogen) atoms. The molecule has 1 aliphatic heterocycles. The van der Waals surface area contributed by atoms with Crippen molar-refractivity contribution in [2.45, 2.75) is 13.3 Å². The first-order chi connectivity index (χ1) is 13.4. The van der Waals surface area contributed by atoms with Crippen LogP contribution in [0.3, 0.4) is 0 Å². The highest BCUT2D eigenvalue weighted by Crippen LogP contribution is 2.26. The van der Waals surface area contributed by atoms with Gasteiger partial charge in [0.1, 0.15) is 0 Å². The molecule has 0 bridgehead atoms. The van der Waals surface area contributed by atoms with Crippen molar-refractivity contribution < 1.29 is 19.1 Å². The number of rotatable bonds is 6. The first kappa shape index (κ1) is 19.9. The lowest BCUT2D eigenvalue weighted by atomic mass is 10.1. The van der Waals surface area contributed by atoms with Crippen LogP contribution in [-0.2, 0) is 4.74 Å². The number of methoxy groups -OCH3 is 1. The van der Waals surface area contributed by atoms with Crippen molar-refractivity contribution in [1.82, 2.24) is 4.90 Å². The Kier molecular flexibility index (Phi) is 5.96. The molecule has 1 aliphatic rings. The predicted octanol–water partition coefficient (Wildman–Crippen LogP) is 3.92. The molecule has 0 atom stereocenters. The van der Waals surface area contributed by atoms with E-state index >= 15 is 0 Å². The largest absolute Gasteiger partial charge is 0.385 e. The molecule has 0 radical (unpaired) electrons. The van der Waals surface area contributed by atoms with E-state index < -0.39 is 6.03 Å². The Morgan fingerprint density at radius 1 is 1.04 bits per heavy atom. The minimum absolute atomic E-state index is 0.276. The second-order valence-electron chi connectivity index (χ2n) is 6.41. The topological polar surface area (TPSA) is 87.7 Å². The number of aryl methyl sites for hydroxylation is 1. The molecule has 0 unspecified atom stereocenters. The number of ether oxygens (including phenoxy) is 1. The number of carbonyl (C=O) groups is 3. The van der Waals surface area contributed by atoms with E-state index in [0.717, 1.165) is 5.56 Å². The second kappa shape index (κ2) is 8.41. The molecule has 0 spiro atoms. The molecule has 0 aromatic heterocycles. The standard InChI is InChI=1S/C20H20ClN3O4/c1-12-4-5-14(11-17(12)21)23-20(27)22-13-6-7-15-16(10-13)19(26)24(18(15)25)8-3-9-28-2/h4-7,10-11H,3,8-9H2,1-2H3,(H2,22,23,27). The van der Waals surface area contributed by atoms with Gasteiger partial charge in [-0.2, -0.15) is 0 Å². The Morgan fingerprint density at radius 3 is 2.36 bits per heavy atom. The average Bonchev–Trinajstić information content (AvgIpc) is 2.89. The van der Waals surface area contributed by atoms with Crippen LogP contribution in [0.2, 0.25) is 5.02 Å². The molecule has 146 valence electrons. The molecule has 0 aliphatic carbocycles. The lowest BCUT2D eigenvalue weighted by molar-refractivity contribution is 0.0638. The minimum Gasteiger partial charge on any atom is -0.385 e. The van der Waals surface area contributed by atoms with Gasteiger partial charge in [0.05, 0.1) is 11.1 Å². The maximum absolute atomic E-state index is 12.5. The third-order valence-corrected chi connectivity index (χ3v) is 4.80. The number of benzene rings is 2. The van der Waals surface area contributed by atoms with Crippen LogP contribution in [0.15, 0.2) is 36.4 Å². The molecule has 0 saturated heterocycles. The Hall–Kier alpha value is -2.90. The summed E-state index contributed by atoms with van der Waals surface area (Å²) in [6.07, 6.45) is 0.564. The van der Waals surface area contributed by atoms with Gasteiger partial charge in [0.2, 0.25) is 0 Å². The zero-order valence-corrected chi connectivity index (χ0v) is 16.3. The van der Waals surface area contributed by atoms with E-state index in [1.54, 1.807) is 37.4 Å². The summed E-state index contributed by atoms with van der Waals surface area (Å²) in [5.41, 5.74) is 2.47. The van der Waals surface area contributed by atoms with Gasteiger partial charge in [-0.1, -0.05) is 17.7 Å². The molecule has 4 amide bonds. The van der Waals surface area contributed by atoms with Gasteiger partial charge in [-0.05, 0) is 49.2 Å². The fraction of sp³-hybridized carbons (Fsp3) is 0.250. The molecule has 2 N–H and O–H groups in total. The Morgan fingerprint density at radius 2 is 1.68 bits per heavy atom. The molecule has 0 fully saturated rings. The smallest absolute Gasteiger partial charge is 0.323 e. The number of imide groups is 1. The lowest BCUT2D eigenvalue weighted by Gasteiger charge is -2.12. The third-order valence-electron chi connectivity index (χ3n) is 4.39. The number of nitrogens with one attached hydrogen (secondary N) is 2. The number of urea groups is 1. The van der Waals surface area contributed by atoms with Crippen molar-refractivity contribution in [2.75, 3.05) is 30.9 Å². The molecule has 3 rings (SSSR count). The molecular formula is C20H20ClN3O4. The second-order valence-corrected chi connectivity index (χ2v) is 6.82. The molecule has 8 heteroatoms. The minimum atomic E-state index is -0.478. The van der Waals surface area contributed by atoms with Crippen LogP contribution in [0.4, 0.5) is 16.2 Å². The summed E-state index contributed by atoms with van der Waals surface area (Å²) in [6, 6.07) is 9.36. The highest BCUT2D eigenvalue weighted by Gasteiger charge is 2.35. The summed E-state index contributed by atoms with van der Waals surface area (Å²) >= 11 is 6.06. The van der Waals surface area contributed by atoms with E-state index in [4.69, 9.17) is 16.3 Å². The highest BCUT2D eigenvalue weighted by atomic mass is 35.5. The number of hydrogen-bond donors (Lipinski definition) is 2.